The summed E-state index contributed by atoms with van der Waals surface area (Å²) in [5.41, 5.74) is 0. The Morgan fingerprint density at radius 1 is 1.86 bits per heavy atom. The molecule has 0 amide bonds. The lowest BCUT2D eigenvalue weighted by molar-refractivity contribution is -0.485. The molecule has 1 aromatic rings. The van der Waals surface area contributed by atoms with Crippen LogP contribution < -0.4 is 10.6 Å². The third kappa shape index (κ3) is 3.15. The van der Waals surface area contributed by atoms with Gasteiger partial charge >= 0.3 is 0 Å². The molecular formula is C5H6ClN5O2S. The maximum absolute atomic E-state index is 10.1. The molecule has 0 unspecified atom stereocenters. The van der Waals surface area contributed by atoms with E-state index in [-0.39, 0.29) is 5.96 Å². The fourth-order valence-corrected chi connectivity index (χ4v) is 1.48. The van der Waals surface area contributed by atoms with Gasteiger partial charge in [-0.15, -0.1) is 0 Å². The summed E-state index contributed by atoms with van der Waals surface area (Å²) < 4.78 is 0.351. The molecule has 0 atom stereocenters. The number of aromatic nitrogens is 1. The molecular weight excluding hydrogens is 230 g/mol. The molecule has 2 N–H and O–H groups in total. The molecule has 76 valence electrons. The summed E-state index contributed by atoms with van der Waals surface area (Å²) in [6, 6.07) is 0. The summed E-state index contributed by atoms with van der Waals surface area (Å²) in [5, 5.41) is 18.1. The predicted molar refractivity (Wildman–Crippen MR) is 54.2 cm³/mol. The molecule has 0 fully saturated rings. The third-order valence-corrected chi connectivity index (χ3v) is 2.17. The Morgan fingerprint density at radius 2 is 2.57 bits per heavy atom. The summed E-state index contributed by atoms with van der Waals surface area (Å²) >= 11 is 6.72. The molecule has 0 spiro atoms. The number of hydrogen-bond donors (Lipinski definition) is 2. The molecule has 9 heteroatoms. The highest BCUT2D eigenvalue weighted by Gasteiger charge is 2.05. The van der Waals surface area contributed by atoms with Gasteiger partial charge in [0.05, 0.1) is 6.20 Å². The molecule has 0 aliphatic carbocycles. The van der Waals surface area contributed by atoms with Crippen molar-refractivity contribution in [1.29, 1.82) is 0 Å². The van der Waals surface area contributed by atoms with Crippen LogP contribution in [0.5, 0.6) is 0 Å². The monoisotopic (exact) mass is 235 g/mol. The van der Waals surface area contributed by atoms with Crippen molar-refractivity contribution >= 4 is 33.9 Å². The maximum atomic E-state index is 10.1. The Hall–Kier alpha value is -1.41. The third-order valence-electron chi connectivity index (χ3n) is 1.14. The van der Waals surface area contributed by atoms with Gasteiger partial charge in [0.2, 0.25) is 0 Å². The fraction of sp³-hybridized carbons (Fsp3) is 0.200. The number of hydrogen-bond acceptors (Lipinski definition) is 4. The quantitative estimate of drug-likeness (QED) is 0.345. The first-order chi connectivity index (χ1) is 6.61. The highest BCUT2D eigenvalue weighted by molar-refractivity contribution is 7.19. The van der Waals surface area contributed by atoms with Crippen LogP contribution >= 0.6 is 22.9 Å². The van der Waals surface area contributed by atoms with Crippen LogP contribution in [0.4, 0.5) is 5.00 Å². The van der Waals surface area contributed by atoms with Crippen molar-refractivity contribution in [3.8, 4) is 0 Å². The van der Waals surface area contributed by atoms with E-state index in [0.29, 0.717) is 9.47 Å². The lowest BCUT2D eigenvalue weighted by Crippen LogP contribution is -2.27. The van der Waals surface area contributed by atoms with E-state index < -0.39 is 5.03 Å². The lowest BCUT2D eigenvalue weighted by Gasteiger charge is -2.00. The summed E-state index contributed by atoms with van der Waals surface area (Å²) in [4.78, 5) is 13.8. The largest absolute Gasteiger partial charge is 0.354 e. The second-order valence-corrected chi connectivity index (χ2v) is 3.65. The highest BCUT2D eigenvalue weighted by atomic mass is 35.5. The van der Waals surface area contributed by atoms with Crippen molar-refractivity contribution in [2.45, 2.75) is 0 Å². The molecule has 0 radical (unpaired) electrons. The first-order valence-corrected chi connectivity index (χ1v) is 4.60. The van der Waals surface area contributed by atoms with Crippen LogP contribution in [0.2, 0.25) is 4.47 Å². The van der Waals surface area contributed by atoms with Crippen molar-refractivity contribution in [3.63, 3.8) is 0 Å². The SMILES string of the molecule is CN/C(=N\[N+](=O)[O-])Nc1cnc(Cl)s1. The average molecular weight is 236 g/mol. The molecule has 1 rings (SSSR count). The maximum Gasteiger partial charge on any atom is 0.273 e. The Bertz CT molecular complexity index is 365. The second-order valence-electron chi connectivity index (χ2n) is 2.04. The van der Waals surface area contributed by atoms with E-state index in [2.05, 4.69) is 20.7 Å². The summed E-state index contributed by atoms with van der Waals surface area (Å²) in [7, 11) is 1.51. The van der Waals surface area contributed by atoms with Gasteiger partial charge in [0, 0.05) is 7.05 Å². The van der Waals surface area contributed by atoms with Crippen LogP contribution in [0.3, 0.4) is 0 Å². The van der Waals surface area contributed by atoms with Crippen molar-refractivity contribution in [1.82, 2.24) is 10.3 Å². The number of nitro groups is 1. The van der Waals surface area contributed by atoms with E-state index in [9.17, 15) is 10.1 Å². The Kier molecular flexibility index (Phi) is 3.60. The van der Waals surface area contributed by atoms with Crippen molar-refractivity contribution in [3.05, 3.63) is 20.8 Å². The van der Waals surface area contributed by atoms with Crippen LogP contribution in [0, 0.1) is 10.1 Å². The number of rotatable bonds is 2. The molecule has 14 heavy (non-hydrogen) atoms. The minimum Gasteiger partial charge on any atom is -0.354 e. The number of anilines is 1. The first-order valence-electron chi connectivity index (χ1n) is 3.41. The zero-order chi connectivity index (χ0) is 10.6. The Morgan fingerprint density at radius 3 is 3.00 bits per heavy atom. The van der Waals surface area contributed by atoms with Crippen molar-refractivity contribution in [2.24, 2.45) is 5.10 Å². The van der Waals surface area contributed by atoms with Gasteiger partial charge in [0.25, 0.3) is 5.96 Å². The number of thiazole rings is 1. The number of guanidine groups is 1. The number of halogens is 1. The van der Waals surface area contributed by atoms with Crippen LogP contribution in [-0.4, -0.2) is 23.0 Å². The smallest absolute Gasteiger partial charge is 0.273 e. The minimum atomic E-state index is -0.804. The second kappa shape index (κ2) is 4.72. The van der Waals surface area contributed by atoms with Gasteiger partial charge in [-0.2, -0.15) is 0 Å². The van der Waals surface area contributed by atoms with Gasteiger partial charge in [0.1, 0.15) is 10.1 Å². The van der Waals surface area contributed by atoms with Gasteiger partial charge in [-0.25, -0.2) is 15.1 Å². The van der Waals surface area contributed by atoms with Gasteiger partial charge in [0.15, 0.2) is 9.50 Å². The standard InChI is InChI=1S/C5H6ClN5O2S/c1-7-5(10-11(12)13)9-3-2-8-4(6)14-3/h2H,1H3,(H2,7,9,10). The number of nitrogens with zero attached hydrogens (tertiary/aromatic N) is 3. The Balaban J connectivity index is 2.70. The van der Waals surface area contributed by atoms with Crippen LogP contribution in [0.15, 0.2) is 11.3 Å². The molecule has 7 nitrogen and oxygen atoms in total. The van der Waals surface area contributed by atoms with Gasteiger partial charge in [-0.05, 0) is 0 Å². The molecule has 1 heterocycles. The predicted octanol–water partition coefficient (Wildman–Crippen LogP) is 0.975. The summed E-state index contributed by atoms with van der Waals surface area (Å²) in [6.45, 7) is 0. The zero-order valence-corrected chi connectivity index (χ0v) is 8.59. The van der Waals surface area contributed by atoms with Crippen LogP contribution in [0.1, 0.15) is 0 Å². The molecule has 0 saturated carbocycles. The van der Waals surface area contributed by atoms with E-state index in [4.69, 9.17) is 11.6 Å². The highest BCUT2D eigenvalue weighted by Crippen LogP contribution is 2.22. The fourth-order valence-electron chi connectivity index (χ4n) is 0.646. The normalized spacial score (nSPS) is 11.1. The van der Waals surface area contributed by atoms with E-state index in [1.807, 2.05) is 0 Å². The van der Waals surface area contributed by atoms with Crippen LogP contribution in [0.25, 0.3) is 0 Å². The van der Waals surface area contributed by atoms with E-state index >= 15 is 0 Å². The molecule has 0 bridgehead atoms. The molecule has 1 aromatic heterocycles. The molecule has 0 saturated heterocycles. The summed E-state index contributed by atoms with van der Waals surface area (Å²) in [6.07, 6.45) is 1.46. The van der Waals surface area contributed by atoms with E-state index in [0.717, 1.165) is 11.3 Å². The molecule has 0 aromatic carbocycles. The summed E-state index contributed by atoms with van der Waals surface area (Å²) in [5.74, 6) is 0.0234. The van der Waals surface area contributed by atoms with Crippen molar-refractivity contribution < 1.29 is 5.03 Å². The number of hydrazone groups is 1. The van der Waals surface area contributed by atoms with Crippen LogP contribution in [-0.2, 0) is 0 Å². The van der Waals surface area contributed by atoms with E-state index in [1.165, 1.54) is 13.2 Å². The minimum absolute atomic E-state index is 0.0234. The number of nitrogens with one attached hydrogen (secondary N) is 2. The van der Waals surface area contributed by atoms with Gasteiger partial charge < -0.3 is 10.6 Å². The molecule has 0 aliphatic rings. The van der Waals surface area contributed by atoms with Gasteiger partial charge in [-0.3, -0.25) is 0 Å². The first kappa shape index (κ1) is 10.7. The zero-order valence-electron chi connectivity index (χ0n) is 7.02. The van der Waals surface area contributed by atoms with Gasteiger partial charge in [-0.1, -0.05) is 22.9 Å². The Labute approximate surface area is 87.9 Å². The van der Waals surface area contributed by atoms with E-state index in [1.54, 1.807) is 0 Å². The lowest BCUT2D eigenvalue weighted by atomic mass is 10.8. The van der Waals surface area contributed by atoms with Crippen molar-refractivity contribution in [2.75, 3.05) is 12.4 Å². The average Bonchev–Trinajstić information content (AvgIpc) is 2.49. The molecule has 0 aliphatic heterocycles. The topological polar surface area (TPSA) is 92.5 Å².